The first-order valence-corrected chi connectivity index (χ1v) is 7.51. The van der Waals surface area contributed by atoms with Crippen molar-refractivity contribution in [1.82, 2.24) is 5.32 Å². The zero-order chi connectivity index (χ0) is 16.5. The van der Waals surface area contributed by atoms with Crippen molar-refractivity contribution in [2.24, 2.45) is 0 Å². The molecule has 2 aromatic rings. The summed E-state index contributed by atoms with van der Waals surface area (Å²) in [6.07, 6.45) is 0. The summed E-state index contributed by atoms with van der Waals surface area (Å²) in [5.41, 5.74) is 0.595. The molecule has 0 spiro atoms. The molecule has 1 N–H and O–H groups in total. The first-order valence-electron chi connectivity index (χ1n) is 7.51. The summed E-state index contributed by atoms with van der Waals surface area (Å²) >= 11 is 0. The van der Waals surface area contributed by atoms with Gasteiger partial charge in [-0.15, -0.1) is 0 Å². The second kappa shape index (κ2) is 8.68. The van der Waals surface area contributed by atoms with E-state index in [0.29, 0.717) is 25.3 Å². The molecule has 0 fully saturated rings. The number of carbonyl (C=O) groups is 1. The molecule has 0 aliphatic carbocycles. The van der Waals surface area contributed by atoms with Gasteiger partial charge >= 0.3 is 0 Å². The summed E-state index contributed by atoms with van der Waals surface area (Å²) in [4.78, 5) is 12.0. The van der Waals surface area contributed by atoms with Crippen LogP contribution in [0.4, 0.5) is 0 Å². The van der Waals surface area contributed by atoms with E-state index in [1.165, 1.54) is 0 Å². The summed E-state index contributed by atoms with van der Waals surface area (Å²) in [5, 5.41) is 2.81. The van der Waals surface area contributed by atoms with Crippen molar-refractivity contribution in [3.05, 3.63) is 54.1 Å². The molecule has 0 aliphatic rings. The smallest absolute Gasteiger partial charge is 0.251 e. The van der Waals surface area contributed by atoms with E-state index in [2.05, 4.69) is 5.32 Å². The molecule has 0 unspecified atom stereocenters. The third-order valence-electron chi connectivity index (χ3n) is 3.14. The Balaban J connectivity index is 1.73. The van der Waals surface area contributed by atoms with Crippen LogP contribution in [0.2, 0.25) is 0 Å². The standard InChI is InChI=1S/C18H21NO4/c1-3-22-16-6-4-14(5-7-16)18(20)19-12-13-23-17-10-8-15(21-2)9-11-17/h4-11H,3,12-13H2,1-2H3,(H,19,20). The van der Waals surface area contributed by atoms with E-state index in [0.717, 1.165) is 17.2 Å². The van der Waals surface area contributed by atoms with E-state index in [1.54, 1.807) is 31.4 Å². The third-order valence-corrected chi connectivity index (χ3v) is 3.14. The molecule has 122 valence electrons. The normalized spacial score (nSPS) is 10.0. The van der Waals surface area contributed by atoms with Gasteiger partial charge in [-0.3, -0.25) is 4.79 Å². The fourth-order valence-corrected chi connectivity index (χ4v) is 1.98. The van der Waals surface area contributed by atoms with Crippen LogP contribution in [0.5, 0.6) is 17.2 Å². The molecule has 2 rings (SSSR count). The Morgan fingerprint density at radius 3 is 2.09 bits per heavy atom. The molecule has 5 heteroatoms. The zero-order valence-corrected chi connectivity index (χ0v) is 13.4. The van der Waals surface area contributed by atoms with Gasteiger partial charge in [-0.25, -0.2) is 0 Å². The minimum atomic E-state index is -0.133. The van der Waals surface area contributed by atoms with Crippen molar-refractivity contribution in [3.8, 4) is 17.2 Å². The van der Waals surface area contributed by atoms with E-state index >= 15 is 0 Å². The number of amides is 1. The third kappa shape index (κ3) is 5.21. The molecule has 5 nitrogen and oxygen atoms in total. The number of hydrogen-bond donors (Lipinski definition) is 1. The zero-order valence-electron chi connectivity index (χ0n) is 13.4. The van der Waals surface area contributed by atoms with Gasteiger partial charge in [0.1, 0.15) is 23.9 Å². The van der Waals surface area contributed by atoms with Crippen molar-refractivity contribution in [3.63, 3.8) is 0 Å². The monoisotopic (exact) mass is 315 g/mol. The number of methoxy groups -OCH3 is 1. The van der Waals surface area contributed by atoms with Crippen LogP contribution in [0.1, 0.15) is 17.3 Å². The molecule has 0 atom stereocenters. The Bertz CT molecular complexity index is 608. The Kier molecular flexibility index (Phi) is 6.29. The molecule has 23 heavy (non-hydrogen) atoms. The summed E-state index contributed by atoms with van der Waals surface area (Å²) in [6.45, 7) is 3.35. The molecule has 0 aliphatic heterocycles. The van der Waals surface area contributed by atoms with Crippen LogP contribution in [0.25, 0.3) is 0 Å². The van der Waals surface area contributed by atoms with Crippen LogP contribution in [-0.4, -0.2) is 32.8 Å². The molecule has 2 aromatic carbocycles. The second-order valence-corrected chi connectivity index (χ2v) is 4.74. The van der Waals surface area contributed by atoms with Crippen molar-refractivity contribution in [2.75, 3.05) is 26.9 Å². The Morgan fingerprint density at radius 2 is 1.48 bits per heavy atom. The molecule has 1 amide bonds. The number of hydrogen-bond acceptors (Lipinski definition) is 4. The van der Waals surface area contributed by atoms with Gasteiger partial charge in [0, 0.05) is 5.56 Å². The van der Waals surface area contributed by atoms with Gasteiger partial charge in [-0.05, 0) is 55.5 Å². The fourth-order valence-electron chi connectivity index (χ4n) is 1.98. The SMILES string of the molecule is CCOc1ccc(C(=O)NCCOc2ccc(OC)cc2)cc1. The average molecular weight is 315 g/mol. The van der Waals surface area contributed by atoms with Gasteiger partial charge in [-0.2, -0.15) is 0 Å². The largest absolute Gasteiger partial charge is 0.497 e. The quantitative estimate of drug-likeness (QED) is 0.761. The van der Waals surface area contributed by atoms with E-state index in [-0.39, 0.29) is 5.91 Å². The summed E-state index contributed by atoms with van der Waals surface area (Å²) in [6, 6.07) is 14.4. The first-order chi connectivity index (χ1) is 11.2. The van der Waals surface area contributed by atoms with Crippen LogP contribution in [0, 0.1) is 0 Å². The van der Waals surface area contributed by atoms with Crippen LogP contribution < -0.4 is 19.5 Å². The lowest BCUT2D eigenvalue weighted by Crippen LogP contribution is -2.28. The predicted molar refractivity (Wildman–Crippen MR) is 88.4 cm³/mol. The molecule has 0 radical (unpaired) electrons. The number of rotatable bonds is 8. The highest BCUT2D eigenvalue weighted by Crippen LogP contribution is 2.16. The van der Waals surface area contributed by atoms with Crippen LogP contribution >= 0.6 is 0 Å². The molecule has 0 aromatic heterocycles. The molecule has 0 heterocycles. The van der Waals surface area contributed by atoms with E-state index in [4.69, 9.17) is 14.2 Å². The van der Waals surface area contributed by atoms with Crippen molar-refractivity contribution >= 4 is 5.91 Å². The average Bonchev–Trinajstić information content (AvgIpc) is 2.60. The van der Waals surface area contributed by atoms with Gasteiger partial charge in [0.15, 0.2) is 0 Å². The lowest BCUT2D eigenvalue weighted by molar-refractivity contribution is 0.0947. The second-order valence-electron chi connectivity index (χ2n) is 4.74. The maximum absolute atomic E-state index is 12.0. The molecule has 0 saturated heterocycles. The van der Waals surface area contributed by atoms with Gasteiger partial charge in [-0.1, -0.05) is 0 Å². The maximum atomic E-state index is 12.0. The van der Waals surface area contributed by atoms with Crippen LogP contribution in [-0.2, 0) is 0 Å². The van der Waals surface area contributed by atoms with Gasteiger partial charge < -0.3 is 19.5 Å². The number of nitrogens with one attached hydrogen (secondary N) is 1. The lowest BCUT2D eigenvalue weighted by Gasteiger charge is -2.09. The first kappa shape index (κ1) is 16.7. The molecular weight excluding hydrogens is 294 g/mol. The van der Waals surface area contributed by atoms with E-state index in [9.17, 15) is 4.79 Å². The number of carbonyl (C=O) groups excluding carboxylic acids is 1. The summed E-state index contributed by atoms with van der Waals surface area (Å²) < 4.78 is 16.0. The highest BCUT2D eigenvalue weighted by Gasteiger charge is 2.05. The molecule has 0 bridgehead atoms. The Morgan fingerprint density at radius 1 is 0.913 bits per heavy atom. The number of benzene rings is 2. The van der Waals surface area contributed by atoms with Crippen LogP contribution in [0.3, 0.4) is 0 Å². The lowest BCUT2D eigenvalue weighted by atomic mass is 10.2. The van der Waals surface area contributed by atoms with E-state index in [1.807, 2.05) is 31.2 Å². The Labute approximate surface area is 136 Å². The summed E-state index contributed by atoms with van der Waals surface area (Å²) in [7, 11) is 1.62. The highest BCUT2D eigenvalue weighted by molar-refractivity contribution is 5.94. The van der Waals surface area contributed by atoms with Crippen molar-refractivity contribution in [2.45, 2.75) is 6.92 Å². The predicted octanol–water partition coefficient (Wildman–Crippen LogP) is 2.90. The summed E-state index contributed by atoms with van der Waals surface area (Å²) in [5.74, 6) is 2.14. The van der Waals surface area contributed by atoms with Gasteiger partial charge in [0.05, 0.1) is 20.3 Å². The van der Waals surface area contributed by atoms with Gasteiger partial charge in [0.2, 0.25) is 0 Å². The van der Waals surface area contributed by atoms with Crippen molar-refractivity contribution in [1.29, 1.82) is 0 Å². The minimum Gasteiger partial charge on any atom is -0.497 e. The fraction of sp³-hybridized carbons (Fsp3) is 0.278. The highest BCUT2D eigenvalue weighted by atomic mass is 16.5. The van der Waals surface area contributed by atoms with Crippen molar-refractivity contribution < 1.29 is 19.0 Å². The maximum Gasteiger partial charge on any atom is 0.251 e. The Hall–Kier alpha value is -2.69. The number of ether oxygens (including phenoxy) is 3. The van der Waals surface area contributed by atoms with Gasteiger partial charge in [0.25, 0.3) is 5.91 Å². The molecular formula is C18H21NO4. The molecule has 0 saturated carbocycles. The van der Waals surface area contributed by atoms with Crippen LogP contribution in [0.15, 0.2) is 48.5 Å². The van der Waals surface area contributed by atoms with E-state index < -0.39 is 0 Å². The topological polar surface area (TPSA) is 56.8 Å². The minimum absolute atomic E-state index is 0.133.